The van der Waals surface area contributed by atoms with Gasteiger partial charge in [-0.3, -0.25) is 14.5 Å². The van der Waals surface area contributed by atoms with Crippen LogP contribution in [-0.4, -0.2) is 83.5 Å². The number of likely N-dealkylation sites (tertiary alicyclic amines) is 2. The highest BCUT2D eigenvalue weighted by Gasteiger charge is 2.36. The topological polar surface area (TPSA) is 53.1 Å². The molecule has 0 N–H and O–H groups in total. The number of morpholine rings is 1. The second-order valence-electron chi connectivity index (χ2n) is 9.05. The lowest BCUT2D eigenvalue weighted by Crippen LogP contribution is -2.55. The van der Waals surface area contributed by atoms with Crippen LogP contribution < -0.4 is 0 Å². The number of hydrogen-bond donors (Lipinski definition) is 0. The molecule has 0 saturated carbocycles. The van der Waals surface area contributed by atoms with Crippen molar-refractivity contribution in [3.8, 4) is 0 Å². The summed E-state index contributed by atoms with van der Waals surface area (Å²) in [6.45, 7) is 12.9. The molecule has 27 heavy (non-hydrogen) atoms. The van der Waals surface area contributed by atoms with E-state index in [0.29, 0.717) is 31.2 Å². The molecule has 2 amide bonds. The van der Waals surface area contributed by atoms with E-state index in [0.717, 1.165) is 51.7 Å². The fourth-order valence-electron chi connectivity index (χ4n) is 5.18. The molecule has 0 aliphatic carbocycles. The predicted molar refractivity (Wildman–Crippen MR) is 105 cm³/mol. The highest BCUT2D eigenvalue weighted by atomic mass is 16.5. The van der Waals surface area contributed by atoms with Gasteiger partial charge < -0.3 is 14.5 Å². The minimum Gasteiger partial charge on any atom is -0.373 e. The Labute approximate surface area is 164 Å². The Morgan fingerprint density at radius 1 is 0.852 bits per heavy atom. The summed E-state index contributed by atoms with van der Waals surface area (Å²) in [5, 5.41) is 0. The average Bonchev–Trinajstić information content (AvgIpc) is 2.60. The number of hydrogen-bond acceptors (Lipinski definition) is 4. The van der Waals surface area contributed by atoms with Gasteiger partial charge in [0.15, 0.2) is 0 Å². The molecule has 0 spiro atoms. The van der Waals surface area contributed by atoms with Gasteiger partial charge in [0.25, 0.3) is 0 Å². The maximum absolute atomic E-state index is 12.8. The van der Waals surface area contributed by atoms with Crippen molar-refractivity contribution in [1.29, 1.82) is 0 Å². The van der Waals surface area contributed by atoms with Crippen LogP contribution in [0.4, 0.5) is 0 Å². The molecular weight excluding hydrogens is 342 g/mol. The van der Waals surface area contributed by atoms with Gasteiger partial charge in [-0.1, -0.05) is 0 Å². The van der Waals surface area contributed by atoms with Crippen molar-refractivity contribution in [2.24, 2.45) is 5.92 Å². The van der Waals surface area contributed by atoms with Crippen LogP contribution in [0.2, 0.25) is 0 Å². The van der Waals surface area contributed by atoms with Crippen molar-refractivity contribution in [3.05, 3.63) is 0 Å². The molecule has 3 fully saturated rings. The lowest BCUT2D eigenvalue weighted by atomic mass is 9.95. The zero-order chi connectivity index (χ0) is 19.6. The number of piperidine rings is 2. The third-order valence-electron chi connectivity index (χ3n) is 6.52. The molecule has 3 aliphatic rings. The van der Waals surface area contributed by atoms with Crippen molar-refractivity contribution >= 4 is 11.8 Å². The maximum Gasteiger partial charge on any atom is 0.312 e. The molecule has 3 heterocycles. The van der Waals surface area contributed by atoms with Gasteiger partial charge in [0, 0.05) is 44.8 Å². The van der Waals surface area contributed by atoms with E-state index in [1.165, 1.54) is 0 Å². The van der Waals surface area contributed by atoms with Crippen LogP contribution in [0.1, 0.15) is 59.8 Å². The fraction of sp³-hybridized carbons (Fsp3) is 0.905. The quantitative estimate of drug-likeness (QED) is 0.690. The van der Waals surface area contributed by atoms with Crippen molar-refractivity contribution < 1.29 is 14.3 Å². The summed E-state index contributed by atoms with van der Waals surface area (Å²) < 4.78 is 5.82. The van der Waals surface area contributed by atoms with Gasteiger partial charge in [-0.2, -0.15) is 0 Å². The van der Waals surface area contributed by atoms with Gasteiger partial charge in [0.05, 0.1) is 12.2 Å². The normalized spacial score (nSPS) is 33.9. The van der Waals surface area contributed by atoms with Crippen LogP contribution in [0.25, 0.3) is 0 Å². The summed E-state index contributed by atoms with van der Waals surface area (Å²) in [6, 6.07) is 0.348. The summed E-state index contributed by atoms with van der Waals surface area (Å²) in [5.74, 6) is 0.0288. The molecule has 0 unspecified atom stereocenters. The van der Waals surface area contributed by atoms with Gasteiger partial charge in [0.1, 0.15) is 0 Å². The first-order valence-electron chi connectivity index (χ1n) is 10.8. The largest absolute Gasteiger partial charge is 0.373 e. The van der Waals surface area contributed by atoms with Crippen LogP contribution in [-0.2, 0) is 14.3 Å². The summed E-state index contributed by atoms with van der Waals surface area (Å²) in [5.41, 5.74) is 0. The third-order valence-corrected chi connectivity index (χ3v) is 6.52. The van der Waals surface area contributed by atoms with Gasteiger partial charge >= 0.3 is 11.8 Å². The maximum atomic E-state index is 12.8. The minimum absolute atomic E-state index is 0.174. The van der Waals surface area contributed by atoms with Crippen LogP contribution in [0.5, 0.6) is 0 Å². The van der Waals surface area contributed by atoms with Crippen molar-refractivity contribution in [1.82, 2.24) is 14.7 Å². The number of amides is 2. The van der Waals surface area contributed by atoms with E-state index >= 15 is 0 Å². The molecule has 3 saturated heterocycles. The van der Waals surface area contributed by atoms with Crippen LogP contribution in [0, 0.1) is 5.92 Å². The second kappa shape index (κ2) is 8.91. The monoisotopic (exact) mass is 379 g/mol. The number of carbonyl (C=O) groups excluding carboxylic acids is 2. The van der Waals surface area contributed by atoms with E-state index in [4.69, 9.17) is 4.74 Å². The van der Waals surface area contributed by atoms with E-state index < -0.39 is 0 Å². The highest BCUT2D eigenvalue weighted by Crippen LogP contribution is 2.25. The predicted octanol–water partition coefficient (Wildman–Crippen LogP) is 2.12. The third kappa shape index (κ3) is 5.02. The van der Waals surface area contributed by atoms with E-state index in [1.807, 2.05) is 4.90 Å². The molecule has 0 aromatic heterocycles. The molecule has 3 aliphatic heterocycles. The lowest BCUT2D eigenvalue weighted by molar-refractivity contribution is -0.156. The Bertz CT molecular complexity index is 513. The summed E-state index contributed by atoms with van der Waals surface area (Å²) in [7, 11) is 0. The first-order chi connectivity index (χ1) is 12.8. The molecule has 0 bridgehead atoms. The molecule has 6 heteroatoms. The molecule has 0 radical (unpaired) electrons. The standard InChI is InChI=1S/C21H37N3O3/c1-15-6-5-7-16(2)24(15)21(26)20(25)23-10-8-19(9-11-23)14-22-12-17(3)27-18(4)13-22/h15-19H,5-14H2,1-4H3/t15-,16+,17-,18-/m1/s1. The van der Waals surface area contributed by atoms with Gasteiger partial charge in [-0.15, -0.1) is 0 Å². The van der Waals surface area contributed by atoms with Crippen molar-refractivity contribution in [3.63, 3.8) is 0 Å². The van der Waals surface area contributed by atoms with Gasteiger partial charge in [-0.25, -0.2) is 0 Å². The molecule has 6 nitrogen and oxygen atoms in total. The highest BCUT2D eigenvalue weighted by molar-refractivity contribution is 6.35. The first kappa shape index (κ1) is 20.6. The zero-order valence-corrected chi connectivity index (χ0v) is 17.5. The number of rotatable bonds is 2. The number of ether oxygens (including phenoxy) is 1. The van der Waals surface area contributed by atoms with Gasteiger partial charge in [-0.05, 0) is 65.7 Å². The second-order valence-corrected chi connectivity index (χ2v) is 9.05. The van der Waals surface area contributed by atoms with Gasteiger partial charge in [0.2, 0.25) is 0 Å². The zero-order valence-electron chi connectivity index (χ0n) is 17.5. The fourth-order valence-corrected chi connectivity index (χ4v) is 5.18. The van der Waals surface area contributed by atoms with E-state index in [-0.39, 0.29) is 23.9 Å². The average molecular weight is 380 g/mol. The Hall–Kier alpha value is -1.14. The van der Waals surface area contributed by atoms with Crippen molar-refractivity contribution in [2.45, 2.75) is 84.1 Å². The first-order valence-corrected chi connectivity index (χ1v) is 10.8. The molecular formula is C21H37N3O3. The Morgan fingerprint density at radius 2 is 1.41 bits per heavy atom. The number of carbonyl (C=O) groups is 2. The number of nitrogens with zero attached hydrogens (tertiary/aromatic N) is 3. The summed E-state index contributed by atoms with van der Waals surface area (Å²) in [6.07, 6.45) is 5.71. The van der Waals surface area contributed by atoms with E-state index in [1.54, 1.807) is 4.90 Å². The Morgan fingerprint density at radius 3 is 1.96 bits per heavy atom. The summed E-state index contributed by atoms with van der Waals surface area (Å²) in [4.78, 5) is 31.7. The van der Waals surface area contributed by atoms with Crippen LogP contribution in [0.3, 0.4) is 0 Å². The molecule has 0 aromatic rings. The SMILES string of the molecule is C[C@@H]1CN(CC2CCN(C(=O)C(=O)N3[C@H](C)CCC[C@@H]3C)CC2)C[C@@H](C)O1. The Balaban J connectivity index is 1.48. The molecule has 154 valence electrons. The molecule has 0 aromatic carbocycles. The van der Waals surface area contributed by atoms with Crippen LogP contribution >= 0.6 is 0 Å². The van der Waals surface area contributed by atoms with Crippen molar-refractivity contribution in [2.75, 3.05) is 32.7 Å². The lowest BCUT2D eigenvalue weighted by Gasteiger charge is -2.41. The smallest absolute Gasteiger partial charge is 0.312 e. The van der Waals surface area contributed by atoms with E-state index in [9.17, 15) is 9.59 Å². The minimum atomic E-state index is -0.289. The molecule has 4 atom stereocenters. The summed E-state index contributed by atoms with van der Waals surface area (Å²) >= 11 is 0. The Kier molecular flexibility index (Phi) is 6.79. The van der Waals surface area contributed by atoms with E-state index in [2.05, 4.69) is 32.6 Å². The van der Waals surface area contributed by atoms with Crippen LogP contribution in [0.15, 0.2) is 0 Å². The molecule has 3 rings (SSSR count).